The third-order valence-electron chi connectivity index (χ3n) is 4.62. The number of rotatable bonds is 6. The first-order chi connectivity index (χ1) is 14.0. The molecule has 1 atom stereocenters. The van der Waals surface area contributed by atoms with Gasteiger partial charge in [0.25, 0.3) is 5.91 Å². The summed E-state index contributed by atoms with van der Waals surface area (Å²) in [6.45, 7) is 1.82. The van der Waals surface area contributed by atoms with Crippen molar-refractivity contribution in [1.82, 2.24) is 10.6 Å². The van der Waals surface area contributed by atoms with Crippen LogP contribution in [0.5, 0.6) is 17.2 Å². The maximum atomic E-state index is 13.3. The predicted octanol–water partition coefficient (Wildman–Crippen LogP) is 3.14. The molecule has 0 saturated carbocycles. The zero-order chi connectivity index (χ0) is 21.0. The number of amides is 1. The number of anilines is 1. The van der Waals surface area contributed by atoms with Crippen LogP contribution >= 0.6 is 12.2 Å². The zero-order valence-corrected chi connectivity index (χ0v) is 17.5. The summed E-state index contributed by atoms with van der Waals surface area (Å²) in [4.78, 5) is 13.3. The first-order valence-corrected chi connectivity index (χ1v) is 9.34. The second-order valence-electron chi connectivity index (χ2n) is 6.33. The molecule has 3 rings (SSSR count). The molecule has 2 aromatic carbocycles. The van der Waals surface area contributed by atoms with E-state index >= 15 is 0 Å². The molecule has 1 aliphatic rings. The molecule has 0 spiro atoms. The van der Waals surface area contributed by atoms with Crippen LogP contribution < -0.4 is 30.2 Å². The van der Waals surface area contributed by atoms with Crippen molar-refractivity contribution in [3.8, 4) is 17.2 Å². The van der Waals surface area contributed by atoms with Crippen LogP contribution in [0.25, 0.3) is 0 Å². The summed E-state index contributed by atoms with van der Waals surface area (Å²) in [6.07, 6.45) is 0. The third kappa shape index (κ3) is 4.27. The van der Waals surface area contributed by atoms with Crippen molar-refractivity contribution in [2.75, 3.05) is 26.6 Å². The standard InChI is InChI=1S/C21H23N3O4S/c1-12-18(20(25)23-15-10-9-13(26-2)11-17(15)28-4)19(24-21(29)22-12)14-7-5-6-8-16(14)27-3/h5-11,19H,1-4H3,(H,23,25)(H2,22,24,29)/t19-/m0/s1. The van der Waals surface area contributed by atoms with Gasteiger partial charge < -0.3 is 30.2 Å². The van der Waals surface area contributed by atoms with E-state index in [4.69, 9.17) is 26.4 Å². The van der Waals surface area contributed by atoms with E-state index in [9.17, 15) is 4.79 Å². The fraction of sp³-hybridized carbons (Fsp3) is 0.238. The summed E-state index contributed by atoms with van der Waals surface area (Å²) in [7, 11) is 4.70. The van der Waals surface area contributed by atoms with Crippen LogP contribution in [0, 0.1) is 0 Å². The quantitative estimate of drug-likeness (QED) is 0.628. The smallest absolute Gasteiger partial charge is 0.255 e. The second-order valence-corrected chi connectivity index (χ2v) is 6.74. The molecule has 0 aromatic heterocycles. The van der Waals surface area contributed by atoms with Crippen molar-refractivity contribution in [1.29, 1.82) is 0 Å². The van der Waals surface area contributed by atoms with E-state index < -0.39 is 6.04 Å². The number of nitrogens with one attached hydrogen (secondary N) is 3. The topological polar surface area (TPSA) is 80.9 Å². The van der Waals surface area contributed by atoms with Gasteiger partial charge in [-0.05, 0) is 37.3 Å². The molecule has 1 aliphatic heterocycles. The lowest BCUT2D eigenvalue weighted by Gasteiger charge is -2.31. The van der Waals surface area contributed by atoms with Crippen molar-refractivity contribution >= 4 is 28.9 Å². The molecule has 8 heteroatoms. The Balaban J connectivity index is 1.99. The number of benzene rings is 2. The molecule has 3 N–H and O–H groups in total. The lowest BCUT2D eigenvalue weighted by atomic mass is 9.94. The van der Waals surface area contributed by atoms with Gasteiger partial charge in [0, 0.05) is 17.3 Å². The number of hydrogen-bond donors (Lipinski definition) is 3. The monoisotopic (exact) mass is 413 g/mol. The maximum Gasteiger partial charge on any atom is 0.255 e. The van der Waals surface area contributed by atoms with E-state index in [-0.39, 0.29) is 5.91 Å². The Labute approximate surface area is 175 Å². The molecule has 152 valence electrons. The van der Waals surface area contributed by atoms with E-state index in [1.807, 2.05) is 31.2 Å². The molecule has 1 heterocycles. The number of methoxy groups -OCH3 is 3. The summed E-state index contributed by atoms with van der Waals surface area (Å²) in [5.74, 6) is 1.50. The Kier molecular flexibility index (Phi) is 6.23. The average molecular weight is 413 g/mol. The van der Waals surface area contributed by atoms with Gasteiger partial charge in [0.15, 0.2) is 5.11 Å². The Bertz CT molecular complexity index is 974. The average Bonchev–Trinajstić information content (AvgIpc) is 2.73. The van der Waals surface area contributed by atoms with E-state index in [0.29, 0.717) is 39.3 Å². The van der Waals surface area contributed by atoms with Crippen molar-refractivity contribution < 1.29 is 19.0 Å². The van der Waals surface area contributed by atoms with Crippen LogP contribution in [0.2, 0.25) is 0 Å². The molecular formula is C21H23N3O4S. The fourth-order valence-corrected chi connectivity index (χ4v) is 3.50. The lowest BCUT2D eigenvalue weighted by Crippen LogP contribution is -2.45. The van der Waals surface area contributed by atoms with E-state index in [2.05, 4.69) is 16.0 Å². The minimum Gasteiger partial charge on any atom is -0.497 e. The van der Waals surface area contributed by atoms with E-state index in [1.54, 1.807) is 32.4 Å². The minimum absolute atomic E-state index is 0.288. The number of ether oxygens (including phenoxy) is 3. The number of hydrogen-bond acceptors (Lipinski definition) is 5. The zero-order valence-electron chi connectivity index (χ0n) is 16.7. The van der Waals surface area contributed by atoms with Crippen LogP contribution in [0.15, 0.2) is 53.7 Å². The van der Waals surface area contributed by atoms with Gasteiger partial charge in [-0.1, -0.05) is 18.2 Å². The van der Waals surface area contributed by atoms with Gasteiger partial charge in [0.1, 0.15) is 17.2 Å². The van der Waals surface area contributed by atoms with Gasteiger partial charge in [-0.15, -0.1) is 0 Å². The van der Waals surface area contributed by atoms with Crippen LogP contribution in [0.3, 0.4) is 0 Å². The Hall–Kier alpha value is -3.26. The maximum absolute atomic E-state index is 13.3. The molecule has 0 radical (unpaired) electrons. The molecule has 7 nitrogen and oxygen atoms in total. The van der Waals surface area contributed by atoms with Gasteiger partial charge in [0.05, 0.1) is 38.6 Å². The lowest BCUT2D eigenvalue weighted by molar-refractivity contribution is -0.113. The summed E-state index contributed by atoms with van der Waals surface area (Å²) in [5.41, 5.74) is 2.51. The van der Waals surface area contributed by atoms with Crippen LogP contribution in [0.4, 0.5) is 5.69 Å². The van der Waals surface area contributed by atoms with Gasteiger partial charge in [-0.25, -0.2) is 0 Å². The normalized spacial score (nSPS) is 15.9. The fourth-order valence-electron chi connectivity index (χ4n) is 3.22. The highest BCUT2D eigenvalue weighted by Gasteiger charge is 2.32. The van der Waals surface area contributed by atoms with E-state index in [1.165, 1.54) is 7.11 Å². The van der Waals surface area contributed by atoms with Crippen molar-refractivity contribution in [2.24, 2.45) is 0 Å². The summed E-state index contributed by atoms with van der Waals surface area (Å²) >= 11 is 5.31. The molecule has 0 aliphatic carbocycles. The van der Waals surface area contributed by atoms with Crippen molar-refractivity contribution in [3.05, 3.63) is 59.3 Å². The highest BCUT2D eigenvalue weighted by atomic mass is 32.1. The van der Waals surface area contributed by atoms with Crippen LogP contribution in [-0.2, 0) is 4.79 Å². The highest BCUT2D eigenvalue weighted by Crippen LogP contribution is 2.35. The van der Waals surface area contributed by atoms with Gasteiger partial charge in [-0.3, -0.25) is 4.79 Å². The number of carbonyl (C=O) groups is 1. The SMILES string of the molecule is COc1ccc(NC(=O)C2=C(C)NC(=S)N[C@H]2c2ccccc2OC)c(OC)c1. The summed E-state index contributed by atoms with van der Waals surface area (Å²) in [6, 6.07) is 12.2. The van der Waals surface area contributed by atoms with Gasteiger partial charge in [0.2, 0.25) is 0 Å². The molecule has 0 unspecified atom stereocenters. The number of carbonyl (C=O) groups excluding carboxylic acids is 1. The molecule has 0 fully saturated rings. The molecule has 1 amide bonds. The summed E-state index contributed by atoms with van der Waals surface area (Å²) in [5, 5.41) is 9.56. The molecule has 29 heavy (non-hydrogen) atoms. The van der Waals surface area contributed by atoms with E-state index in [0.717, 1.165) is 5.56 Å². The van der Waals surface area contributed by atoms with Crippen molar-refractivity contribution in [2.45, 2.75) is 13.0 Å². The third-order valence-corrected chi connectivity index (χ3v) is 4.84. The largest absolute Gasteiger partial charge is 0.497 e. The van der Waals surface area contributed by atoms with Crippen LogP contribution in [-0.4, -0.2) is 32.3 Å². The predicted molar refractivity (Wildman–Crippen MR) is 115 cm³/mol. The molecule has 0 bridgehead atoms. The minimum atomic E-state index is -0.468. The highest BCUT2D eigenvalue weighted by molar-refractivity contribution is 7.80. The first kappa shape index (κ1) is 20.5. The molecule has 0 saturated heterocycles. The number of allylic oxidation sites excluding steroid dienone is 1. The van der Waals surface area contributed by atoms with Gasteiger partial charge >= 0.3 is 0 Å². The number of para-hydroxylation sites is 1. The summed E-state index contributed by atoms with van der Waals surface area (Å²) < 4.78 is 16.1. The van der Waals surface area contributed by atoms with Gasteiger partial charge in [-0.2, -0.15) is 0 Å². The Morgan fingerprint density at radius 3 is 2.45 bits per heavy atom. The van der Waals surface area contributed by atoms with Crippen molar-refractivity contribution in [3.63, 3.8) is 0 Å². The Morgan fingerprint density at radius 1 is 1.03 bits per heavy atom. The first-order valence-electron chi connectivity index (χ1n) is 8.93. The number of thiocarbonyl (C=S) groups is 1. The molecule has 2 aromatic rings. The molecular weight excluding hydrogens is 390 g/mol. The Morgan fingerprint density at radius 2 is 1.76 bits per heavy atom. The van der Waals surface area contributed by atoms with Crippen LogP contribution in [0.1, 0.15) is 18.5 Å². The second kappa shape index (κ2) is 8.83.